The first kappa shape index (κ1) is 19.4. The van der Waals surface area contributed by atoms with E-state index in [1.54, 1.807) is 25.3 Å². The Kier molecular flexibility index (Phi) is 5.53. The lowest BCUT2D eigenvalue weighted by molar-refractivity contribution is -0.144. The van der Waals surface area contributed by atoms with E-state index < -0.39 is 6.04 Å². The summed E-state index contributed by atoms with van der Waals surface area (Å²) in [7, 11) is 0. The Balaban J connectivity index is 1.54. The quantitative estimate of drug-likeness (QED) is 0.668. The van der Waals surface area contributed by atoms with Crippen LogP contribution in [0.15, 0.2) is 30.5 Å². The van der Waals surface area contributed by atoms with Crippen LogP contribution in [0.5, 0.6) is 0 Å². The Morgan fingerprint density at radius 3 is 2.93 bits per heavy atom. The molecule has 8 nitrogen and oxygen atoms in total. The summed E-state index contributed by atoms with van der Waals surface area (Å²) in [5.74, 6) is 0.511. The Morgan fingerprint density at radius 2 is 2.17 bits per heavy atom. The molecule has 1 aromatic heterocycles. The molecule has 0 unspecified atom stereocenters. The lowest BCUT2D eigenvalue weighted by atomic mass is 10.2. The maximum atomic E-state index is 12.4. The number of anilines is 4. The summed E-state index contributed by atoms with van der Waals surface area (Å²) < 4.78 is 5.12. The number of halogens is 1. The number of aromatic nitrogens is 2. The van der Waals surface area contributed by atoms with Crippen molar-refractivity contribution in [3.8, 4) is 0 Å². The zero-order chi connectivity index (χ0) is 20.4. The molecule has 1 amide bonds. The van der Waals surface area contributed by atoms with E-state index >= 15 is 0 Å². The van der Waals surface area contributed by atoms with Gasteiger partial charge in [-0.3, -0.25) is 9.69 Å². The zero-order valence-electron chi connectivity index (χ0n) is 16.0. The summed E-state index contributed by atoms with van der Waals surface area (Å²) in [5.41, 5.74) is 1.32. The molecule has 152 valence electrons. The van der Waals surface area contributed by atoms with Gasteiger partial charge in [0.1, 0.15) is 11.1 Å². The van der Waals surface area contributed by atoms with Gasteiger partial charge in [-0.25, -0.2) is 9.78 Å². The van der Waals surface area contributed by atoms with Crippen molar-refractivity contribution < 1.29 is 14.3 Å². The standard InChI is InChI=1S/C20H22ClN5O3/c1-2-29-19(28)16-8-9-17(27)26(16)14-5-3-4-13(10-14)24-20-22-11-15(21)18(25-20)23-12-6-7-12/h3-5,10-12,16H,2,6-9H2,1H3,(H2,22,23,24,25)/t16-/m0/s1. The minimum absolute atomic E-state index is 0.0983. The van der Waals surface area contributed by atoms with Crippen LogP contribution < -0.4 is 15.5 Å². The maximum absolute atomic E-state index is 12.4. The summed E-state index contributed by atoms with van der Waals surface area (Å²) in [6, 6.07) is 7.06. The van der Waals surface area contributed by atoms with E-state index in [9.17, 15) is 9.59 Å². The lowest BCUT2D eigenvalue weighted by Crippen LogP contribution is -2.39. The maximum Gasteiger partial charge on any atom is 0.329 e. The van der Waals surface area contributed by atoms with E-state index in [-0.39, 0.29) is 18.5 Å². The first-order chi connectivity index (χ1) is 14.0. The molecule has 2 aromatic rings. The van der Waals surface area contributed by atoms with Gasteiger partial charge in [0.15, 0.2) is 5.82 Å². The van der Waals surface area contributed by atoms with Gasteiger partial charge in [0.2, 0.25) is 11.9 Å². The molecule has 29 heavy (non-hydrogen) atoms. The number of esters is 1. The van der Waals surface area contributed by atoms with E-state index in [0.717, 1.165) is 12.8 Å². The highest BCUT2D eigenvalue weighted by molar-refractivity contribution is 6.32. The number of nitrogens with one attached hydrogen (secondary N) is 2. The molecule has 0 radical (unpaired) electrons. The van der Waals surface area contributed by atoms with Gasteiger partial charge in [0.25, 0.3) is 0 Å². The molecular weight excluding hydrogens is 394 g/mol. The van der Waals surface area contributed by atoms with Gasteiger partial charge in [-0.05, 0) is 44.4 Å². The lowest BCUT2D eigenvalue weighted by Gasteiger charge is -2.23. The van der Waals surface area contributed by atoms with Crippen LogP contribution in [0.2, 0.25) is 5.02 Å². The number of hydrogen-bond donors (Lipinski definition) is 2. The first-order valence-corrected chi connectivity index (χ1v) is 10.1. The number of carbonyl (C=O) groups excluding carboxylic acids is 2. The van der Waals surface area contributed by atoms with Crippen LogP contribution >= 0.6 is 11.6 Å². The molecule has 2 heterocycles. The molecule has 0 bridgehead atoms. The van der Waals surface area contributed by atoms with Crippen molar-refractivity contribution in [1.29, 1.82) is 0 Å². The van der Waals surface area contributed by atoms with Crippen molar-refractivity contribution in [3.05, 3.63) is 35.5 Å². The van der Waals surface area contributed by atoms with Gasteiger partial charge in [-0.1, -0.05) is 17.7 Å². The molecule has 1 saturated carbocycles. The van der Waals surface area contributed by atoms with Crippen molar-refractivity contribution in [2.45, 2.75) is 44.7 Å². The molecule has 1 aliphatic carbocycles. The summed E-state index contributed by atoms with van der Waals surface area (Å²) in [6.45, 7) is 2.03. The zero-order valence-corrected chi connectivity index (χ0v) is 16.8. The Morgan fingerprint density at radius 1 is 1.34 bits per heavy atom. The molecule has 2 N–H and O–H groups in total. The van der Waals surface area contributed by atoms with Crippen LogP contribution in [-0.4, -0.2) is 40.5 Å². The van der Waals surface area contributed by atoms with Gasteiger partial charge < -0.3 is 15.4 Å². The normalized spacial score (nSPS) is 18.6. The van der Waals surface area contributed by atoms with E-state index in [4.69, 9.17) is 16.3 Å². The fourth-order valence-corrected chi connectivity index (χ4v) is 3.43. The second-order valence-electron chi connectivity index (χ2n) is 7.05. The molecule has 1 aliphatic heterocycles. The predicted octanol–water partition coefficient (Wildman–Crippen LogP) is 3.51. The van der Waals surface area contributed by atoms with E-state index in [1.807, 2.05) is 12.1 Å². The van der Waals surface area contributed by atoms with Crippen LogP contribution in [-0.2, 0) is 14.3 Å². The Labute approximate surface area is 173 Å². The number of nitrogens with zero attached hydrogens (tertiary/aromatic N) is 3. The molecule has 1 aromatic carbocycles. The van der Waals surface area contributed by atoms with Crippen LogP contribution in [0.1, 0.15) is 32.6 Å². The molecule has 4 rings (SSSR count). The summed E-state index contributed by atoms with van der Waals surface area (Å²) in [6.07, 6.45) is 4.53. The van der Waals surface area contributed by atoms with E-state index in [1.165, 1.54) is 4.90 Å². The summed E-state index contributed by atoms with van der Waals surface area (Å²) in [5, 5.41) is 6.88. The van der Waals surface area contributed by atoms with E-state index in [0.29, 0.717) is 47.0 Å². The topological polar surface area (TPSA) is 96.5 Å². The number of benzene rings is 1. The third-order valence-corrected chi connectivity index (χ3v) is 5.09. The van der Waals surface area contributed by atoms with Gasteiger partial charge in [0.05, 0.1) is 12.8 Å². The predicted molar refractivity (Wildman–Crippen MR) is 111 cm³/mol. The highest BCUT2D eigenvalue weighted by Crippen LogP contribution is 2.31. The average Bonchev–Trinajstić information content (AvgIpc) is 3.43. The van der Waals surface area contributed by atoms with Crippen LogP contribution in [0.4, 0.5) is 23.1 Å². The third kappa shape index (κ3) is 4.42. The number of amides is 1. The molecule has 1 saturated heterocycles. The SMILES string of the molecule is CCOC(=O)[C@@H]1CCC(=O)N1c1cccc(Nc2ncc(Cl)c(NC3CC3)n2)c1. The molecule has 2 aliphatic rings. The molecule has 1 atom stereocenters. The fraction of sp³-hybridized carbons (Fsp3) is 0.400. The minimum atomic E-state index is -0.598. The van der Waals surface area contributed by atoms with Crippen LogP contribution in [0.25, 0.3) is 0 Å². The second-order valence-corrected chi connectivity index (χ2v) is 7.46. The molecule has 9 heteroatoms. The molecule has 2 fully saturated rings. The number of ether oxygens (including phenoxy) is 1. The van der Waals surface area contributed by atoms with Crippen molar-refractivity contribution >= 4 is 46.6 Å². The highest BCUT2D eigenvalue weighted by atomic mass is 35.5. The molecular formula is C20H22ClN5O3. The number of rotatable bonds is 7. The summed E-state index contributed by atoms with van der Waals surface area (Å²) in [4.78, 5) is 34.8. The minimum Gasteiger partial charge on any atom is -0.464 e. The summed E-state index contributed by atoms with van der Waals surface area (Å²) >= 11 is 6.17. The van der Waals surface area contributed by atoms with Crippen molar-refractivity contribution in [1.82, 2.24) is 9.97 Å². The van der Waals surface area contributed by atoms with E-state index in [2.05, 4.69) is 20.6 Å². The number of carbonyl (C=O) groups is 2. The highest BCUT2D eigenvalue weighted by Gasteiger charge is 2.38. The van der Waals surface area contributed by atoms with Crippen molar-refractivity contribution in [3.63, 3.8) is 0 Å². The van der Waals surface area contributed by atoms with Crippen molar-refractivity contribution in [2.24, 2.45) is 0 Å². The van der Waals surface area contributed by atoms with Crippen LogP contribution in [0.3, 0.4) is 0 Å². The monoisotopic (exact) mass is 415 g/mol. The average molecular weight is 416 g/mol. The first-order valence-electron chi connectivity index (χ1n) is 9.70. The second kappa shape index (κ2) is 8.24. The number of hydrogen-bond acceptors (Lipinski definition) is 7. The smallest absolute Gasteiger partial charge is 0.329 e. The van der Waals surface area contributed by atoms with Gasteiger partial charge in [0, 0.05) is 23.8 Å². The van der Waals surface area contributed by atoms with Gasteiger partial charge in [-0.15, -0.1) is 0 Å². The van der Waals surface area contributed by atoms with Gasteiger partial charge in [-0.2, -0.15) is 4.98 Å². The fourth-order valence-electron chi connectivity index (χ4n) is 3.28. The third-order valence-electron chi connectivity index (χ3n) is 4.81. The molecule has 0 spiro atoms. The largest absolute Gasteiger partial charge is 0.464 e. The van der Waals surface area contributed by atoms with Crippen LogP contribution in [0, 0.1) is 0 Å². The van der Waals surface area contributed by atoms with Crippen molar-refractivity contribution in [2.75, 3.05) is 22.1 Å². The Bertz CT molecular complexity index is 934. The Hall–Kier alpha value is -2.87. The van der Waals surface area contributed by atoms with Gasteiger partial charge >= 0.3 is 5.97 Å².